The Bertz CT molecular complexity index is 707. The van der Waals surface area contributed by atoms with Gasteiger partial charge in [0.1, 0.15) is 5.69 Å². The van der Waals surface area contributed by atoms with Crippen molar-refractivity contribution in [2.75, 3.05) is 31.1 Å². The number of para-hydroxylation sites is 2. The van der Waals surface area contributed by atoms with E-state index in [0.717, 1.165) is 32.0 Å². The normalized spacial score (nSPS) is 15.9. The molecule has 1 fully saturated rings. The Morgan fingerprint density at radius 3 is 2.58 bits per heavy atom. The number of benzene rings is 1. The summed E-state index contributed by atoms with van der Waals surface area (Å²) in [6, 6.07) is 6.88. The van der Waals surface area contributed by atoms with E-state index in [-0.39, 0.29) is 16.5 Å². The van der Waals surface area contributed by atoms with Crippen molar-refractivity contribution in [2.24, 2.45) is 0 Å². The maximum atomic E-state index is 11.2. The Kier molecular flexibility index (Phi) is 4.75. The monoisotopic (exact) mass is 331 g/mol. The first-order valence-electron chi connectivity index (χ1n) is 8.08. The van der Waals surface area contributed by atoms with Gasteiger partial charge in [0.25, 0.3) is 5.69 Å². The van der Waals surface area contributed by atoms with Gasteiger partial charge in [0.05, 0.1) is 11.5 Å². The van der Waals surface area contributed by atoms with E-state index in [4.69, 9.17) is 4.52 Å². The van der Waals surface area contributed by atoms with Crippen LogP contribution in [0.5, 0.6) is 0 Å². The third kappa shape index (κ3) is 3.53. The van der Waals surface area contributed by atoms with Crippen LogP contribution in [-0.2, 0) is 6.54 Å². The Morgan fingerprint density at radius 1 is 1.25 bits per heavy atom. The number of hydrogen-bond donors (Lipinski definition) is 0. The zero-order valence-corrected chi connectivity index (χ0v) is 13.9. The van der Waals surface area contributed by atoms with Gasteiger partial charge in [-0.05, 0) is 6.07 Å². The summed E-state index contributed by atoms with van der Waals surface area (Å²) in [5, 5.41) is 15.1. The zero-order chi connectivity index (χ0) is 17.1. The van der Waals surface area contributed by atoms with Gasteiger partial charge in [-0.2, -0.15) is 4.98 Å². The lowest BCUT2D eigenvalue weighted by molar-refractivity contribution is -0.384. The van der Waals surface area contributed by atoms with E-state index in [9.17, 15) is 10.1 Å². The minimum Gasteiger partial charge on any atom is -0.363 e. The summed E-state index contributed by atoms with van der Waals surface area (Å²) in [6.07, 6.45) is 0. The van der Waals surface area contributed by atoms with Gasteiger partial charge in [-0.15, -0.1) is 0 Å². The van der Waals surface area contributed by atoms with Gasteiger partial charge < -0.3 is 9.42 Å². The van der Waals surface area contributed by atoms with Crippen LogP contribution in [-0.4, -0.2) is 46.1 Å². The van der Waals surface area contributed by atoms with Crippen LogP contribution in [0.4, 0.5) is 11.4 Å². The first-order chi connectivity index (χ1) is 11.5. The van der Waals surface area contributed by atoms with Crippen molar-refractivity contribution in [3.63, 3.8) is 0 Å². The van der Waals surface area contributed by atoms with E-state index in [2.05, 4.69) is 19.9 Å². The molecule has 1 aliphatic rings. The molecule has 0 amide bonds. The highest BCUT2D eigenvalue weighted by molar-refractivity contribution is 5.63. The number of nitro benzene ring substituents is 1. The number of aromatic nitrogens is 2. The number of piperazine rings is 1. The molecule has 1 saturated heterocycles. The number of nitrogens with zero attached hydrogens (tertiary/aromatic N) is 5. The Hall–Kier alpha value is -2.48. The van der Waals surface area contributed by atoms with Crippen molar-refractivity contribution < 1.29 is 9.45 Å². The highest BCUT2D eigenvalue weighted by Gasteiger charge is 2.24. The average molecular weight is 331 g/mol. The lowest BCUT2D eigenvalue weighted by Gasteiger charge is -2.35. The molecule has 0 aliphatic carbocycles. The summed E-state index contributed by atoms with van der Waals surface area (Å²) in [4.78, 5) is 19.5. The molecule has 2 heterocycles. The van der Waals surface area contributed by atoms with Crippen molar-refractivity contribution in [3.05, 3.63) is 46.1 Å². The molecule has 0 N–H and O–H groups in total. The fraction of sp³-hybridized carbons (Fsp3) is 0.500. The highest BCUT2D eigenvalue weighted by atomic mass is 16.6. The van der Waals surface area contributed by atoms with Gasteiger partial charge >= 0.3 is 0 Å². The molecule has 128 valence electrons. The fourth-order valence-electron chi connectivity index (χ4n) is 2.79. The summed E-state index contributed by atoms with van der Waals surface area (Å²) < 4.78 is 5.29. The second-order valence-corrected chi connectivity index (χ2v) is 6.21. The lowest BCUT2D eigenvalue weighted by Crippen LogP contribution is -2.46. The highest BCUT2D eigenvalue weighted by Crippen LogP contribution is 2.28. The van der Waals surface area contributed by atoms with Crippen LogP contribution in [0.2, 0.25) is 0 Å². The molecule has 8 nitrogen and oxygen atoms in total. The van der Waals surface area contributed by atoms with Crippen LogP contribution < -0.4 is 4.90 Å². The maximum absolute atomic E-state index is 11.2. The molecule has 1 aromatic heterocycles. The van der Waals surface area contributed by atoms with Crippen molar-refractivity contribution in [1.29, 1.82) is 0 Å². The van der Waals surface area contributed by atoms with E-state index < -0.39 is 0 Å². The molecular weight excluding hydrogens is 310 g/mol. The topological polar surface area (TPSA) is 88.5 Å². The molecule has 0 atom stereocenters. The molecule has 0 bridgehead atoms. The van der Waals surface area contributed by atoms with E-state index in [1.54, 1.807) is 18.2 Å². The molecule has 0 unspecified atom stereocenters. The van der Waals surface area contributed by atoms with Gasteiger partial charge in [0.15, 0.2) is 5.82 Å². The molecule has 24 heavy (non-hydrogen) atoms. The minimum atomic E-state index is -0.326. The van der Waals surface area contributed by atoms with E-state index in [1.165, 1.54) is 0 Å². The quantitative estimate of drug-likeness (QED) is 0.614. The van der Waals surface area contributed by atoms with Gasteiger partial charge in [-0.1, -0.05) is 31.1 Å². The third-order valence-electron chi connectivity index (χ3n) is 4.15. The molecule has 0 spiro atoms. The van der Waals surface area contributed by atoms with Gasteiger partial charge in [0.2, 0.25) is 5.89 Å². The molecule has 0 saturated carbocycles. The Balaban J connectivity index is 1.60. The summed E-state index contributed by atoms with van der Waals surface area (Å²) in [6.45, 7) is 7.73. The van der Waals surface area contributed by atoms with E-state index in [0.29, 0.717) is 18.1 Å². The number of hydrogen-bond acceptors (Lipinski definition) is 7. The van der Waals surface area contributed by atoms with Crippen molar-refractivity contribution in [3.8, 4) is 0 Å². The van der Waals surface area contributed by atoms with Crippen LogP contribution in [0.3, 0.4) is 0 Å². The largest absolute Gasteiger partial charge is 0.363 e. The van der Waals surface area contributed by atoms with Crippen LogP contribution in [0, 0.1) is 10.1 Å². The second-order valence-electron chi connectivity index (χ2n) is 6.21. The molecule has 1 aromatic carbocycles. The minimum absolute atomic E-state index is 0.157. The molecule has 8 heteroatoms. The van der Waals surface area contributed by atoms with Gasteiger partial charge in [-0.25, -0.2) is 0 Å². The molecule has 2 aromatic rings. The van der Waals surface area contributed by atoms with Gasteiger partial charge in [-0.3, -0.25) is 15.0 Å². The van der Waals surface area contributed by atoms with Gasteiger partial charge in [0, 0.05) is 38.2 Å². The number of rotatable bonds is 5. The summed E-state index contributed by atoms with van der Waals surface area (Å²) in [5.74, 6) is 1.60. The number of anilines is 1. The zero-order valence-electron chi connectivity index (χ0n) is 13.9. The van der Waals surface area contributed by atoms with E-state index >= 15 is 0 Å². The first kappa shape index (κ1) is 16.4. The predicted octanol–water partition coefficient (Wildman–Crippen LogP) is 2.42. The summed E-state index contributed by atoms with van der Waals surface area (Å²) in [5.41, 5.74) is 0.839. The Labute approximate surface area is 140 Å². The van der Waals surface area contributed by atoms with Crippen molar-refractivity contribution in [1.82, 2.24) is 15.0 Å². The molecule has 3 rings (SSSR count). The predicted molar refractivity (Wildman–Crippen MR) is 89.0 cm³/mol. The molecular formula is C16H21N5O3. The summed E-state index contributed by atoms with van der Waals surface area (Å²) >= 11 is 0. The Morgan fingerprint density at radius 2 is 1.96 bits per heavy atom. The van der Waals surface area contributed by atoms with E-state index in [1.807, 2.05) is 19.9 Å². The lowest BCUT2D eigenvalue weighted by atomic mass is 10.2. The fourth-order valence-corrected chi connectivity index (χ4v) is 2.79. The molecule has 0 radical (unpaired) electrons. The van der Waals surface area contributed by atoms with Crippen LogP contribution >= 0.6 is 0 Å². The molecule has 1 aliphatic heterocycles. The standard InChI is InChI=1S/C16H21N5O3/c1-12(2)16-17-15(24-18-16)11-19-7-9-20(10-8-19)13-5-3-4-6-14(13)21(22)23/h3-6,12H,7-11H2,1-2H3. The van der Waals surface area contributed by atoms with Crippen molar-refractivity contribution in [2.45, 2.75) is 26.3 Å². The maximum Gasteiger partial charge on any atom is 0.292 e. The third-order valence-corrected chi connectivity index (χ3v) is 4.15. The first-order valence-corrected chi connectivity index (χ1v) is 8.08. The smallest absolute Gasteiger partial charge is 0.292 e. The number of nitro groups is 1. The summed E-state index contributed by atoms with van der Waals surface area (Å²) in [7, 11) is 0. The second kappa shape index (κ2) is 6.96. The van der Waals surface area contributed by atoms with Crippen LogP contribution in [0.25, 0.3) is 0 Å². The van der Waals surface area contributed by atoms with Crippen LogP contribution in [0.1, 0.15) is 31.5 Å². The average Bonchev–Trinajstić information content (AvgIpc) is 3.04. The van der Waals surface area contributed by atoms with Crippen LogP contribution in [0.15, 0.2) is 28.8 Å². The SMILES string of the molecule is CC(C)c1noc(CN2CCN(c3ccccc3[N+](=O)[O-])CC2)n1. The van der Waals surface area contributed by atoms with Crippen molar-refractivity contribution >= 4 is 11.4 Å².